The van der Waals surface area contributed by atoms with E-state index in [0.717, 1.165) is 25.7 Å². The molecule has 0 amide bonds. The van der Waals surface area contributed by atoms with Crippen molar-refractivity contribution < 1.29 is 8.42 Å². The number of nitrogens with one attached hydrogen (secondary N) is 1. The van der Waals surface area contributed by atoms with Crippen LogP contribution in [-0.4, -0.2) is 20.8 Å². The first-order valence-electron chi connectivity index (χ1n) is 5.97. The lowest BCUT2D eigenvalue weighted by Gasteiger charge is -2.07. The summed E-state index contributed by atoms with van der Waals surface area (Å²) in [5, 5.41) is 0.602. The van der Waals surface area contributed by atoms with Crippen molar-refractivity contribution in [1.82, 2.24) is 4.72 Å². The van der Waals surface area contributed by atoms with Gasteiger partial charge in [0.25, 0.3) is 0 Å². The Morgan fingerprint density at radius 1 is 0.947 bits per heavy atom. The van der Waals surface area contributed by atoms with Gasteiger partial charge in [0.2, 0.25) is 10.0 Å². The molecule has 0 radical (unpaired) electrons. The number of alkyl halides is 1. The molecule has 19 heavy (non-hydrogen) atoms. The van der Waals surface area contributed by atoms with Crippen LogP contribution in [0.5, 0.6) is 0 Å². The fourth-order valence-electron chi connectivity index (χ4n) is 1.55. The summed E-state index contributed by atoms with van der Waals surface area (Å²) in [6, 6.07) is 4.25. The van der Waals surface area contributed by atoms with E-state index in [-0.39, 0.29) is 4.90 Å². The Hall–Kier alpha value is -0.000000000000000139. The fraction of sp³-hybridized carbons (Fsp3) is 0.500. The first kappa shape index (κ1) is 17.1. The minimum Gasteiger partial charge on any atom is -0.211 e. The molecule has 0 saturated carbocycles. The highest BCUT2D eigenvalue weighted by Crippen LogP contribution is 2.22. The third kappa shape index (κ3) is 6.32. The molecule has 0 aliphatic rings. The molecule has 1 aromatic rings. The molecule has 3 nitrogen and oxygen atoms in total. The summed E-state index contributed by atoms with van der Waals surface area (Å²) in [7, 11) is -3.54. The van der Waals surface area contributed by atoms with Crippen molar-refractivity contribution in [3.63, 3.8) is 0 Å². The van der Waals surface area contributed by atoms with Gasteiger partial charge >= 0.3 is 0 Å². The summed E-state index contributed by atoms with van der Waals surface area (Å²) >= 11 is 17.1. The van der Waals surface area contributed by atoms with Crippen LogP contribution in [0.25, 0.3) is 0 Å². The first-order chi connectivity index (χ1) is 8.95. The predicted octanol–water partition coefficient (Wildman–Crippen LogP) is 4.07. The Morgan fingerprint density at radius 2 is 1.53 bits per heavy atom. The predicted molar refractivity (Wildman–Crippen MR) is 80.8 cm³/mol. The minimum absolute atomic E-state index is 0.0887. The molecule has 0 fully saturated rings. The van der Waals surface area contributed by atoms with Gasteiger partial charge in [-0.05, 0) is 31.0 Å². The molecule has 0 saturated heterocycles. The maximum Gasteiger partial charge on any atom is 0.240 e. The third-order valence-corrected chi connectivity index (χ3v) is 4.64. The molecule has 1 aromatic carbocycles. The molecule has 0 unspecified atom stereocenters. The third-order valence-electron chi connectivity index (χ3n) is 2.50. The van der Waals surface area contributed by atoms with Gasteiger partial charge in [-0.15, -0.1) is 11.6 Å². The van der Waals surface area contributed by atoms with E-state index in [4.69, 9.17) is 34.8 Å². The summed E-state index contributed by atoms with van der Waals surface area (Å²) in [5.41, 5.74) is 0. The highest BCUT2D eigenvalue weighted by atomic mass is 35.5. The van der Waals surface area contributed by atoms with Crippen LogP contribution < -0.4 is 4.72 Å². The van der Waals surface area contributed by atoms with Crippen LogP contribution in [0.15, 0.2) is 23.1 Å². The molecule has 0 bridgehead atoms. The molecular formula is C12H16Cl3NO2S. The Balaban J connectivity index is 2.51. The Bertz CT molecular complexity index is 485. The van der Waals surface area contributed by atoms with Crippen LogP contribution >= 0.6 is 34.8 Å². The van der Waals surface area contributed by atoms with Gasteiger partial charge in [0, 0.05) is 22.5 Å². The minimum atomic E-state index is -3.54. The Labute approximate surface area is 129 Å². The average molecular weight is 345 g/mol. The van der Waals surface area contributed by atoms with Crippen molar-refractivity contribution in [2.75, 3.05) is 12.4 Å². The zero-order valence-electron chi connectivity index (χ0n) is 10.3. The zero-order chi connectivity index (χ0) is 14.3. The van der Waals surface area contributed by atoms with Gasteiger partial charge in [0.15, 0.2) is 0 Å². The van der Waals surface area contributed by atoms with Crippen LogP contribution in [0.3, 0.4) is 0 Å². The van der Waals surface area contributed by atoms with Gasteiger partial charge in [-0.3, -0.25) is 0 Å². The number of sulfonamides is 1. The van der Waals surface area contributed by atoms with E-state index in [0.29, 0.717) is 22.5 Å². The number of hydrogen-bond donors (Lipinski definition) is 1. The van der Waals surface area contributed by atoms with Crippen molar-refractivity contribution in [2.45, 2.75) is 30.6 Å². The molecule has 0 heterocycles. The lowest BCUT2D eigenvalue weighted by Crippen LogP contribution is -2.24. The van der Waals surface area contributed by atoms with Crippen molar-refractivity contribution in [3.8, 4) is 0 Å². The summed E-state index contributed by atoms with van der Waals surface area (Å²) in [6.45, 7) is 0.398. The number of rotatable bonds is 8. The van der Waals surface area contributed by atoms with E-state index in [1.165, 1.54) is 18.2 Å². The van der Waals surface area contributed by atoms with Gasteiger partial charge in [0.05, 0.1) is 4.90 Å². The number of halogens is 3. The number of unbranched alkanes of at least 4 members (excludes halogenated alkanes) is 3. The second kappa shape index (κ2) is 8.32. The second-order valence-electron chi connectivity index (χ2n) is 4.11. The maximum absolute atomic E-state index is 12.0. The molecule has 1 rings (SSSR count). The van der Waals surface area contributed by atoms with E-state index >= 15 is 0 Å². The van der Waals surface area contributed by atoms with Crippen LogP contribution in [0.2, 0.25) is 10.0 Å². The Morgan fingerprint density at radius 3 is 2.11 bits per heavy atom. The monoisotopic (exact) mass is 343 g/mol. The molecule has 0 aliphatic carbocycles. The normalized spacial score (nSPS) is 11.7. The summed E-state index contributed by atoms with van der Waals surface area (Å²) in [6.07, 6.45) is 3.70. The van der Waals surface area contributed by atoms with E-state index < -0.39 is 10.0 Å². The molecule has 7 heteroatoms. The van der Waals surface area contributed by atoms with Crippen molar-refractivity contribution in [3.05, 3.63) is 28.2 Å². The Kier molecular flexibility index (Phi) is 7.47. The lowest BCUT2D eigenvalue weighted by molar-refractivity contribution is 0.574. The standard InChI is InChI=1S/C12H16Cl3NO2S/c13-5-3-1-2-4-6-16-19(17,18)12-8-10(14)7-11(15)9-12/h7-9,16H,1-6H2. The van der Waals surface area contributed by atoms with Crippen LogP contribution in [-0.2, 0) is 10.0 Å². The van der Waals surface area contributed by atoms with Gasteiger partial charge in [-0.1, -0.05) is 36.0 Å². The van der Waals surface area contributed by atoms with Crippen LogP contribution in [0.1, 0.15) is 25.7 Å². The number of benzene rings is 1. The quantitative estimate of drug-likeness (QED) is 0.571. The van der Waals surface area contributed by atoms with E-state index in [9.17, 15) is 8.42 Å². The van der Waals surface area contributed by atoms with Gasteiger partial charge in [-0.2, -0.15) is 0 Å². The molecule has 0 atom stereocenters. The molecule has 0 spiro atoms. The van der Waals surface area contributed by atoms with E-state index in [1.54, 1.807) is 0 Å². The van der Waals surface area contributed by atoms with Crippen molar-refractivity contribution in [1.29, 1.82) is 0 Å². The van der Waals surface area contributed by atoms with Crippen molar-refractivity contribution >= 4 is 44.8 Å². The van der Waals surface area contributed by atoms with Crippen molar-refractivity contribution in [2.24, 2.45) is 0 Å². The summed E-state index contributed by atoms with van der Waals surface area (Å²) < 4.78 is 26.5. The zero-order valence-corrected chi connectivity index (χ0v) is 13.4. The summed E-state index contributed by atoms with van der Waals surface area (Å²) in [4.78, 5) is 0.0887. The maximum atomic E-state index is 12.0. The largest absolute Gasteiger partial charge is 0.240 e. The van der Waals surface area contributed by atoms with Gasteiger partial charge in [0.1, 0.15) is 0 Å². The molecule has 1 N–H and O–H groups in total. The molecule has 0 aliphatic heterocycles. The van der Waals surface area contributed by atoms with E-state index in [1.807, 2.05) is 0 Å². The topological polar surface area (TPSA) is 46.2 Å². The van der Waals surface area contributed by atoms with Crippen LogP contribution in [0.4, 0.5) is 0 Å². The molecule has 0 aromatic heterocycles. The second-order valence-corrected chi connectivity index (χ2v) is 7.12. The highest BCUT2D eigenvalue weighted by molar-refractivity contribution is 7.89. The molecule has 108 valence electrons. The van der Waals surface area contributed by atoms with Gasteiger partial charge in [-0.25, -0.2) is 13.1 Å². The van der Waals surface area contributed by atoms with Gasteiger partial charge < -0.3 is 0 Å². The first-order valence-corrected chi connectivity index (χ1v) is 8.75. The number of hydrogen-bond acceptors (Lipinski definition) is 2. The van der Waals surface area contributed by atoms with Crippen LogP contribution in [0, 0.1) is 0 Å². The smallest absolute Gasteiger partial charge is 0.211 e. The fourth-order valence-corrected chi connectivity index (χ4v) is 3.53. The summed E-state index contributed by atoms with van der Waals surface area (Å²) in [5.74, 6) is 0.646. The SMILES string of the molecule is O=S(=O)(NCCCCCCCl)c1cc(Cl)cc(Cl)c1. The van der Waals surface area contributed by atoms with E-state index in [2.05, 4.69) is 4.72 Å². The molecular weight excluding hydrogens is 329 g/mol. The average Bonchev–Trinajstić information content (AvgIpc) is 2.32. The lowest BCUT2D eigenvalue weighted by atomic mass is 10.2. The highest BCUT2D eigenvalue weighted by Gasteiger charge is 2.14.